The van der Waals surface area contributed by atoms with Crippen LogP contribution in [0.15, 0.2) is 46.9 Å². The van der Waals surface area contributed by atoms with Crippen LogP contribution in [0.5, 0.6) is 5.75 Å². The van der Waals surface area contributed by atoms with Gasteiger partial charge in [0.1, 0.15) is 12.4 Å². The van der Waals surface area contributed by atoms with E-state index in [0.717, 1.165) is 10.0 Å². The molecule has 0 spiro atoms. The van der Waals surface area contributed by atoms with Crippen LogP contribution in [0.1, 0.15) is 22.8 Å². The highest BCUT2D eigenvalue weighted by Crippen LogP contribution is 2.25. The first-order valence-electron chi connectivity index (χ1n) is 6.14. The smallest absolute Gasteiger partial charge is 0.270 e. The Labute approximate surface area is 129 Å². The molecular formula is C15H12BrNO4. The Kier molecular flexibility index (Phi) is 4.70. The van der Waals surface area contributed by atoms with Gasteiger partial charge in [-0.05, 0) is 30.7 Å². The van der Waals surface area contributed by atoms with Crippen molar-refractivity contribution >= 4 is 27.4 Å². The summed E-state index contributed by atoms with van der Waals surface area (Å²) in [6.45, 7) is 1.63. The molecule has 108 valence electrons. The van der Waals surface area contributed by atoms with Gasteiger partial charge in [-0.2, -0.15) is 0 Å². The van der Waals surface area contributed by atoms with Crippen LogP contribution < -0.4 is 4.74 Å². The summed E-state index contributed by atoms with van der Waals surface area (Å²) >= 11 is 3.37. The number of carbonyl (C=O) groups is 1. The number of carbonyl (C=O) groups excluding carboxylic acids is 1. The van der Waals surface area contributed by atoms with Crippen LogP contribution in [-0.2, 0) is 6.61 Å². The summed E-state index contributed by atoms with van der Waals surface area (Å²) in [5.74, 6) is 0.0658. The Hall–Kier alpha value is -2.21. The average Bonchev–Trinajstić information content (AvgIpc) is 2.44. The molecule has 0 saturated carbocycles. The molecule has 0 N–H and O–H groups in total. The van der Waals surface area contributed by atoms with E-state index in [1.54, 1.807) is 0 Å². The van der Waals surface area contributed by atoms with E-state index in [9.17, 15) is 14.9 Å². The fraction of sp³-hybridized carbons (Fsp3) is 0.133. The van der Waals surface area contributed by atoms with E-state index < -0.39 is 4.92 Å². The Morgan fingerprint density at radius 1 is 1.29 bits per heavy atom. The molecule has 0 amide bonds. The Balaban J connectivity index is 2.23. The summed E-state index contributed by atoms with van der Waals surface area (Å²) in [6.07, 6.45) is 0. The number of ether oxygens (including phenoxy) is 1. The van der Waals surface area contributed by atoms with Gasteiger partial charge in [-0.15, -0.1) is 0 Å². The molecule has 5 nitrogen and oxygen atoms in total. The molecule has 0 saturated heterocycles. The number of hydrogen-bond acceptors (Lipinski definition) is 4. The van der Waals surface area contributed by atoms with E-state index in [4.69, 9.17) is 4.74 Å². The van der Waals surface area contributed by atoms with E-state index >= 15 is 0 Å². The van der Waals surface area contributed by atoms with Gasteiger partial charge in [0.25, 0.3) is 5.69 Å². The standard InChI is InChI=1S/C15H12BrNO4/c1-10(18)14-8-13(17(19)20)5-6-15(14)21-9-11-3-2-4-12(16)7-11/h2-8H,9H2,1H3. The fourth-order valence-corrected chi connectivity index (χ4v) is 2.27. The van der Waals surface area contributed by atoms with Gasteiger partial charge in [0.05, 0.1) is 10.5 Å². The quantitative estimate of drug-likeness (QED) is 0.462. The maximum atomic E-state index is 11.6. The molecule has 0 aromatic heterocycles. The van der Waals surface area contributed by atoms with Crippen molar-refractivity contribution in [3.8, 4) is 5.75 Å². The van der Waals surface area contributed by atoms with Gasteiger partial charge < -0.3 is 4.74 Å². The minimum absolute atomic E-state index is 0.130. The molecule has 2 rings (SSSR count). The van der Waals surface area contributed by atoms with E-state index in [-0.39, 0.29) is 23.6 Å². The highest BCUT2D eigenvalue weighted by Gasteiger charge is 2.15. The number of halogens is 1. The topological polar surface area (TPSA) is 69.4 Å². The van der Waals surface area contributed by atoms with Gasteiger partial charge in [-0.3, -0.25) is 14.9 Å². The van der Waals surface area contributed by atoms with E-state index in [1.807, 2.05) is 24.3 Å². The first-order chi connectivity index (χ1) is 9.97. The zero-order valence-electron chi connectivity index (χ0n) is 11.2. The number of nitrogens with zero attached hydrogens (tertiary/aromatic N) is 1. The molecule has 0 fully saturated rings. The van der Waals surface area contributed by atoms with Crippen LogP contribution in [0.4, 0.5) is 5.69 Å². The van der Waals surface area contributed by atoms with Gasteiger partial charge in [0, 0.05) is 16.6 Å². The normalized spacial score (nSPS) is 10.2. The van der Waals surface area contributed by atoms with Crippen LogP contribution in [-0.4, -0.2) is 10.7 Å². The summed E-state index contributed by atoms with van der Waals surface area (Å²) in [6, 6.07) is 11.6. The minimum atomic E-state index is -0.537. The number of ketones is 1. The second kappa shape index (κ2) is 6.49. The van der Waals surface area contributed by atoms with E-state index in [1.165, 1.54) is 25.1 Å². The first-order valence-corrected chi connectivity index (χ1v) is 6.93. The number of hydrogen-bond donors (Lipinski definition) is 0. The highest BCUT2D eigenvalue weighted by molar-refractivity contribution is 9.10. The average molecular weight is 350 g/mol. The zero-order chi connectivity index (χ0) is 15.4. The largest absolute Gasteiger partial charge is 0.488 e. The number of rotatable bonds is 5. The zero-order valence-corrected chi connectivity index (χ0v) is 12.8. The Bertz CT molecular complexity index is 700. The molecule has 0 aliphatic rings. The summed E-state index contributed by atoms with van der Waals surface area (Å²) < 4.78 is 6.54. The number of Topliss-reactive ketones (excluding diaryl/α,β-unsaturated/α-hetero) is 1. The number of non-ortho nitro benzene ring substituents is 1. The summed E-state index contributed by atoms with van der Waals surface area (Å²) in [5, 5.41) is 10.8. The van der Waals surface area contributed by atoms with Crippen molar-refractivity contribution in [3.05, 3.63) is 68.2 Å². The van der Waals surface area contributed by atoms with Crippen LogP contribution in [0.2, 0.25) is 0 Å². The molecule has 0 atom stereocenters. The molecule has 0 heterocycles. The predicted octanol–water partition coefficient (Wildman–Crippen LogP) is 4.14. The minimum Gasteiger partial charge on any atom is -0.488 e. The number of nitro benzene ring substituents is 1. The van der Waals surface area contributed by atoms with Crippen molar-refractivity contribution in [1.82, 2.24) is 0 Å². The molecule has 0 aliphatic carbocycles. The lowest BCUT2D eigenvalue weighted by Crippen LogP contribution is -2.03. The molecule has 0 unspecified atom stereocenters. The van der Waals surface area contributed by atoms with Crippen LogP contribution in [0, 0.1) is 10.1 Å². The highest BCUT2D eigenvalue weighted by atomic mass is 79.9. The summed E-state index contributed by atoms with van der Waals surface area (Å²) in [5.41, 5.74) is 1.01. The van der Waals surface area contributed by atoms with Gasteiger partial charge in [0.15, 0.2) is 5.78 Å². The molecule has 0 bridgehead atoms. The van der Waals surface area contributed by atoms with E-state index in [2.05, 4.69) is 15.9 Å². The second-order valence-electron chi connectivity index (χ2n) is 4.41. The summed E-state index contributed by atoms with van der Waals surface area (Å²) in [4.78, 5) is 21.8. The van der Waals surface area contributed by atoms with Gasteiger partial charge in [-0.25, -0.2) is 0 Å². The first kappa shape index (κ1) is 15.2. The SMILES string of the molecule is CC(=O)c1cc([N+](=O)[O-])ccc1OCc1cccc(Br)c1. The molecule has 0 aliphatic heterocycles. The summed E-state index contributed by atoms with van der Waals surface area (Å²) in [7, 11) is 0. The van der Waals surface area contributed by atoms with Crippen molar-refractivity contribution in [1.29, 1.82) is 0 Å². The van der Waals surface area contributed by atoms with Gasteiger partial charge in [-0.1, -0.05) is 28.1 Å². The van der Waals surface area contributed by atoms with Gasteiger partial charge in [0.2, 0.25) is 0 Å². The second-order valence-corrected chi connectivity index (χ2v) is 5.33. The molecule has 2 aromatic rings. The third-order valence-corrected chi connectivity index (χ3v) is 3.33. The third kappa shape index (κ3) is 3.88. The molecular weight excluding hydrogens is 338 g/mol. The monoisotopic (exact) mass is 349 g/mol. The molecule has 6 heteroatoms. The number of nitro groups is 1. The maximum Gasteiger partial charge on any atom is 0.270 e. The molecule has 0 radical (unpaired) electrons. The van der Waals surface area contributed by atoms with Gasteiger partial charge >= 0.3 is 0 Å². The Morgan fingerprint density at radius 3 is 2.67 bits per heavy atom. The van der Waals surface area contributed by atoms with Crippen molar-refractivity contribution in [2.75, 3.05) is 0 Å². The molecule has 21 heavy (non-hydrogen) atoms. The lowest BCUT2D eigenvalue weighted by atomic mass is 10.1. The van der Waals surface area contributed by atoms with Crippen molar-refractivity contribution < 1.29 is 14.5 Å². The number of benzene rings is 2. The van der Waals surface area contributed by atoms with Crippen molar-refractivity contribution in [3.63, 3.8) is 0 Å². The van der Waals surface area contributed by atoms with Crippen LogP contribution >= 0.6 is 15.9 Å². The van der Waals surface area contributed by atoms with Crippen molar-refractivity contribution in [2.24, 2.45) is 0 Å². The Morgan fingerprint density at radius 2 is 2.05 bits per heavy atom. The van der Waals surface area contributed by atoms with Crippen LogP contribution in [0.25, 0.3) is 0 Å². The maximum absolute atomic E-state index is 11.6. The van der Waals surface area contributed by atoms with E-state index in [0.29, 0.717) is 5.75 Å². The van der Waals surface area contributed by atoms with Crippen LogP contribution in [0.3, 0.4) is 0 Å². The lowest BCUT2D eigenvalue weighted by molar-refractivity contribution is -0.384. The third-order valence-electron chi connectivity index (χ3n) is 2.84. The van der Waals surface area contributed by atoms with Crippen molar-refractivity contribution in [2.45, 2.75) is 13.5 Å². The fourth-order valence-electron chi connectivity index (χ4n) is 1.82. The predicted molar refractivity (Wildman–Crippen MR) is 81.6 cm³/mol. The molecule has 2 aromatic carbocycles. The lowest BCUT2D eigenvalue weighted by Gasteiger charge is -2.10.